The Bertz CT molecular complexity index is 4540. The van der Waals surface area contributed by atoms with E-state index in [1.807, 2.05) is 0 Å². The first-order valence-electron chi connectivity index (χ1n) is 20.0. The summed E-state index contributed by atoms with van der Waals surface area (Å²) < 4.78 is 11.4. The van der Waals surface area contributed by atoms with Gasteiger partial charge >= 0.3 is 0 Å². The Kier molecular flexibility index (Phi) is 8.13. The number of phenolic OH excluding ortho intramolecular Hbond substituents is 25. The maximum Gasteiger partial charge on any atom is 0.208 e. The summed E-state index contributed by atoms with van der Waals surface area (Å²) in [6, 6.07) is 0.509. The number of aromatic hydroxyl groups is 25. The number of phenols is 25. The summed E-state index contributed by atoms with van der Waals surface area (Å²) in [7, 11) is 0. The Morgan fingerprint density at radius 3 is 0.973 bits per heavy atom. The second kappa shape index (κ2) is 13.4. The average molecular weight is 1010 g/mol. The number of furan rings is 1. The molecule has 2 heterocycles. The van der Waals surface area contributed by atoms with Crippen molar-refractivity contribution in [1.29, 1.82) is 0 Å². The first kappa shape index (κ1) is 44.1. The molecule has 0 atom stereocenters. The number of hydrogen-bond acceptors (Lipinski definition) is 27. The van der Waals surface area contributed by atoms with Crippen LogP contribution < -0.4 is 0 Å². The number of benzene rings is 9. The number of rotatable bonds is 2. The van der Waals surface area contributed by atoms with Gasteiger partial charge in [0.25, 0.3) is 0 Å². The molecule has 27 heteroatoms. The Labute approximate surface area is 394 Å². The van der Waals surface area contributed by atoms with Gasteiger partial charge in [0, 0.05) is 76.1 Å². The highest BCUT2D eigenvalue weighted by atomic mass is 16.4. The van der Waals surface area contributed by atoms with Crippen LogP contribution in [0.15, 0.2) is 14.9 Å². The van der Waals surface area contributed by atoms with Crippen molar-refractivity contribution in [1.82, 2.24) is 0 Å². The van der Waals surface area contributed by atoms with Crippen LogP contribution in [0, 0.1) is 0 Å². The lowest BCUT2D eigenvalue weighted by atomic mass is 9.83. The van der Waals surface area contributed by atoms with Crippen LogP contribution in [0.5, 0.6) is 144 Å². The minimum absolute atomic E-state index is 0.509. The maximum atomic E-state index is 12.5. The second-order valence-electron chi connectivity index (χ2n) is 16.5. The zero-order chi connectivity index (χ0) is 53.1. The molecule has 372 valence electrons. The quantitative estimate of drug-likeness (QED) is 0.0530. The average Bonchev–Trinajstić information content (AvgIpc) is 3.69. The molecule has 0 spiro atoms. The van der Waals surface area contributed by atoms with E-state index in [-0.39, 0.29) is 0 Å². The zero-order valence-electron chi connectivity index (χ0n) is 35.1. The van der Waals surface area contributed by atoms with Gasteiger partial charge in [0.05, 0.1) is 10.8 Å². The van der Waals surface area contributed by atoms with E-state index in [1.54, 1.807) is 0 Å². The molecule has 0 saturated heterocycles. The van der Waals surface area contributed by atoms with E-state index in [2.05, 4.69) is 0 Å². The van der Waals surface area contributed by atoms with Crippen molar-refractivity contribution in [3.05, 3.63) is 6.07 Å². The van der Waals surface area contributed by atoms with Crippen molar-refractivity contribution in [2.75, 3.05) is 0 Å². The van der Waals surface area contributed by atoms with Crippen molar-refractivity contribution in [3.63, 3.8) is 0 Å². The van der Waals surface area contributed by atoms with E-state index in [0.29, 0.717) is 6.07 Å². The lowest BCUT2D eigenvalue weighted by molar-refractivity contribution is 0.347. The molecule has 25 N–H and O–H groups in total. The van der Waals surface area contributed by atoms with Gasteiger partial charge in [-0.3, -0.25) is 0 Å². The third kappa shape index (κ3) is 4.79. The minimum Gasteiger partial charge on any atom is -0.504 e. The van der Waals surface area contributed by atoms with Crippen LogP contribution in [-0.4, -0.2) is 128 Å². The summed E-state index contributed by atoms with van der Waals surface area (Å²) >= 11 is 0. The van der Waals surface area contributed by atoms with E-state index in [0.717, 1.165) is 0 Å². The van der Waals surface area contributed by atoms with Crippen molar-refractivity contribution < 1.29 is 136 Å². The van der Waals surface area contributed by atoms with Crippen LogP contribution in [0.4, 0.5) is 0 Å². The van der Waals surface area contributed by atoms with Crippen molar-refractivity contribution in [2.24, 2.45) is 0 Å². The van der Waals surface area contributed by atoms with Crippen LogP contribution >= 0.6 is 0 Å². The first-order chi connectivity index (χ1) is 34.2. The summed E-state index contributed by atoms with van der Waals surface area (Å²) in [5.74, 6) is -38.7. The fourth-order valence-electron chi connectivity index (χ4n) is 9.73. The molecule has 0 saturated carbocycles. The fourth-order valence-corrected chi connectivity index (χ4v) is 9.73. The Morgan fingerprint density at radius 2 is 0.452 bits per heavy atom. The van der Waals surface area contributed by atoms with Gasteiger partial charge in [0.2, 0.25) is 74.7 Å². The number of fused-ring (bicyclic) bond motifs is 7. The first-order valence-corrected chi connectivity index (χ1v) is 20.0. The molecule has 2 aromatic heterocycles. The molecule has 11 rings (SSSR count). The molecule has 0 amide bonds. The summed E-state index contributed by atoms with van der Waals surface area (Å²) in [4.78, 5) is 0. The van der Waals surface area contributed by atoms with E-state index >= 15 is 0 Å². The Balaban J connectivity index is 1.54. The van der Waals surface area contributed by atoms with Crippen molar-refractivity contribution in [2.45, 2.75) is 0 Å². The molecule has 0 fully saturated rings. The molecule has 0 bridgehead atoms. The van der Waals surface area contributed by atoms with Crippen LogP contribution in [-0.2, 0) is 0 Å². The van der Waals surface area contributed by atoms with Gasteiger partial charge in [0.1, 0.15) is 0 Å². The van der Waals surface area contributed by atoms with Crippen LogP contribution in [0.25, 0.3) is 109 Å². The number of hydrogen-bond donors (Lipinski definition) is 25. The van der Waals surface area contributed by atoms with Gasteiger partial charge in [0.15, 0.2) is 91.3 Å². The van der Waals surface area contributed by atoms with Crippen LogP contribution in [0.2, 0.25) is 0 Å². The predicted molar refractivity (Wildman–Crippen MR) is 244 cm³/mol. The highest BCUT2D eigenvalue weighted by molar-refractivity contribution is 6.42. The van der Waals surface area contributed by atoms with Gasteiger partial charge in [-0.25, -0.2) is 0 Å². The maximum absolute atomic E-state index is 12.5. The van der Waals surface area contributed by atoms with Crippen LogP contribution in [0.1, 0.15) is 0 Å². The summed E-state index contributed by atoms with van der Waals surface area (Å²) in [5.41, 5.74) is -9.56. The molecular formula is C46H26O27. The van der Waals surface area contributed by atoms with Gasteiger partial charge in [-0.2, -0.15) is 0 Å². The Hall–Kier alpha value is -11.4. The molecule has 0 unspecified atom stereocenters. The summed E-state index contributed by atoms with van der Waals surface area (Å²) in [6.45, 7) is 0. The molecule has 9 aromatic carbocycles. The van der Waals surface area contributed by atoms with Crippen LogP contribution in [0.3, 0.4) is 0 Å². The minimum atomic E-state index is -1.69. The molecule has 0 aliphatic heterocycles. The Morgan fingerprint density at radius 1 is 0.178 bits per heavy atom. The van der Waals surface area contributed by atoms with E-state index < -0.39 is 253 Å². The zero-order valence-corrected chi connectivity index (χ0v) is 35.1. The molecule has 27 nitrogen and oxygen atoms in total. The van der Waals surface area contributed by atoms with E-state index in [9.17, 15) is 128 Å². The van der Waals surface area contributed by atoms with Gasteiger partial charge in [-0.05, 0) is 6.07 Å². The largest absolute Gasteiger partial charge is 0.504 e. The van der Waals surface area contributed by atoms with Gasteiger partial charge < -0.3 is 136 Å². The molecule has 11 aromatic rings. The molecule has 0 aliphatic carbocycles. The lowest BCUT2D eigenvalue weighted by Gasteiger charge is -2.22. The second-order valence-corrected chi connectivity index (χ2v) is 16.5. The molecular weight excluding hydrogens is 984 g/mol. The third-order valence-corrected chi connectivity index (χ3v) is 12.9. The third-order valence-electron chi connectivity index (χ3n) is 12.9. The summed E-state index contributed by atoms with van der Waals surface area (Å²) in [6.07, 6.45) is 0. The monoisotopic (exact) mass is 1010 g/mol. The van der Waals surface area contributed by atoms with Crippen molar-refractivity contribution in [3.8, 4) is 166 Å². The smallest absolute Gasteiger partial charge is 0.208 e. The SMILES string of the molecule is Oc1cc2c(-c3c(O)c(O)c4c5c(oc6c(O)c(O)c(O)c7c(-c8c(O)c(O)c(O)c9oc%10c(O)c(O)c(O)c(O)c%10c89)c8c(O)c(O)c(O)c(O)c8c4c67)c(O)c(O)c(O)c35)c(O)c(O)c(O)c2c(O)c1O. The molecule has 73 heavy (non-hydrogen) atoms. The highest BCUT2D eigenvalue weighted by Gasteiger charge is 2.40. The highest BCUT2D eigenvalue weighted by Crippen LogP contribution is 2.68. The van der Waals surface area contributed by atoms with Crippen molar-refractivity contribution >= 4 is 87.0 Å². The van der Waals surface area contributed by atoms with Gasteiger partial charge in [-0.15, -0.1) is 0 Å². The van der Waals surface area contributed by atoms with Gasteiger partial charge in [-0.1, -0.05) is 0 Å². The molecule has 0 radical (unpaired) electrons. The fraction of sp³-hybridized carbons (Fsp3) is 0. The standard InChI is InChI=1S/C46H26O27/c47-3-1-2-4(20(49)31(60)22(51)5(2)21(50)19(3)48)8-14-16-13(24(53)23(8)52)7-10-9(25(54)32(61)33(62)26(10)55)6(11-15(7)43(39(68)35(64)27(11)56)72-44(16)40(69)37(66)29(14)58)12-17-18-30(59)34(63)38(67)42(71)46(18)73-45(17)41(70)36(65)28(12)57/h1,47-71H. The lowest BCUT2D eigenvalue weighted by Crippen LogP contribution is -1.94. The van der Waals surface area contributed by atoms with E-state index in [1.165, 1.54) is 0 Å². The molecule has 0 aliphatic rings. The predicted octanol–water partition coefficient (Wildman–Crippen LogP) is 6.07. The topological polar surface area (TPSA) is 532 Å². The summed E-state index contributed by atoms with van der Waals surface area (Å²) in [5, 5.41) is 270. The van der Waals surface area contributed by atoms with E-state index in [4.69, 9.17) is 8.83 Å². The normalized spacial score (nSPS) is 12.1.